The molecule has 5 heteroatoms. The number of hydrogen-bond donors (Lipinski definition) is 1. The largest absolute Gasteiger partial charge is 0.385 e. The molecule has 17 heavy (non-hydrogen) atoms. The lowest BCUT2D eigenvalue weighted by molar-refractivity contribution is -0.130. The predicted molar refractivity (Wildman–Crippen MR) is 64.5 cm³/mol. The van der Waals surface area contributed by atoms with Gasteiger partial charge in [0.25, 0.3) is 0 Å². The van der Waals surface area contributed by atoms with E-state index in [-0.39, 0.29) is 11.8 Å². The maximum atomic E-state index is 11.5. The highest BCUT2D eigenvalue weighted by Gasteiger charge is 2.30. The van der Waals surface area contributed by atoms with Gasteiger partial charge in [-0.25, -0.2) is 0 Å². The second kappa shape index (κ2) is 7.27. The third kappa shape index (κ3) is 5.68. The Morgan fingerprint density at radius 1 is 1.41 bits per heavy atom. The van der Waals surface area contributed by atoms with E-state index in [1.54, 1.807) is 18.9 Å². The van der Waals surface area contributed by atoms with E-state index in [0.29, 0.717) is 32.2 Å². The van der Waals surface area contributed by atoms with Crippen LogP contribution in [0.5, 0.6) is 0 Å². The van der Waals surface area contributed by atoms with E-state index in [0.717, 1.165) is 19.3 Å². The summed E-state index contributed by atoms with van der Waals surface area (Å²) in [5.74, 6) is 0.0766. The first-order valence-electron chi connectivity index (χ1n) is 6.18. The maximum absolute atomic E-state index is 11.5. The summed E-state index contributed by atoms with van der Waals surface area (Å²) in [5, 5.41) is 2.81. The molecule has 1 aliphatic rings. The highest BCUT2D eigenvalue weighted by atomic mass is 16.5. The first-order chi connectivity index (χ1) is 8.15. The van der Waals surface area contributed by atoms with E-state index < -0.39 is 0 Å². The third-order valence-corrected chi connectivity index (χ3v) is 2.82. The normalized spacial score (nSPS) is 14.5. The fourth-order valence-electron chi connectivity index (χ4n) is 1.74. The average Bonchev–Trinajstić information content (AvgIpc) is 3.08. The van der Waals surface area contributed by atoms with Crippen LogP contribution in [-0.2, 0) is 14.3 Å². The van der Waals surface area contributed by atoms with Gasteiger partial charge in [0.2, 0.25) is 11.8 Å². The number of hydrogen-bond acceptors (Lipinski definition) is 3. The summed E-state index contributed by atoms with van der Waals surface area (Å²) in [4.78, 5) is 24.6. The maximum Gasteiger partial charge on any atom is 0.221 e. The molecule has 0 aromatic carbocycles. The van der Waals surface area contributed by atoms with Crippen molar-refractivity contribution >= 4 is 11.8 Å². The molecular weight excluding hydrogens is 220 g/mol. The van der Waals surface area contributed by atoms with Crippen molar-refractivity contribution in [3.8, 4) is 0 Å². The summed E-state index contributed by atoms with van der Waals surface area (Å²) in [5.41, 5.74) is 0. The Balaban J connectivity index is 2.11. The summed E-state index contributed by atoms with van der Waals surface area (Å²) in [6.45, 7) is 3.39. The quantitative estimate of drug-likeness (QED) is 0.632. The zero-order valence-corrected chi connectivity index (χ0v) is 10.7. The number of nitrogens with one attached hydrogen (secondary N) is 1. The van der Waals surface area contributed by atoms with Gasteiger partial charge in [-0.2, -0.15) is 0 Å². The summed E-state index contributed by atoms with van der Waals surface area (Å²) < 4.78 is 4.89. The van der Waals surface area contributed by atoms with Gasteiger partial charge in [-0.1, -0.05) is 0 Å². The number of carbonyl (C=O) groups is 2. The van der Waals surface area contributed by atoms with Crippen LogP contribution in [0.2, 0.25) is 0 Å². The molecular formula is C12H22N2O3. The molecule has 0 radical (unpaired) electrons. The minimum absolute atomic E-state index is 0.00741. The molecule has 0 heterocycles. The number of amides is 2. The van der Waals surface area contributed by atoms with E-state index >= 15 is 0 Å². The Hall–Kier alpha value is -1.10. The number of rotatable bonds is 8. The number of methoxy groups -OCH3 is 1. The predicted octanol–water partition coefficient (Wildman–Crippen LogP) is 0.540. The van der Waals surface area contributed by atoms with Gasteiger partial charge in [-0.15, -0.1) is 0 Å². The summed E-state index contributed by atoms with van der Waals surface area (Å²) in [6, 6.07) is 0.383. The summed E-state index contributed by atoms with van der Waals surface area (Å²) in [6.07, 6.45) is 3.37. The van der Waals surface area contributed by atoms with Crippen LogP contribution >= 0.6 is 0 Å². The minimum Gasteiger partial charge on any atom is -0.385 e. The molecule has 0 aliphatic heterocycles. The second-order valence-corrected chi connectivity index (χ2v) is 4.39. The fourth-order valence-corrected chi connectivity index (χ4v) is 1.74. The molecule has 1 rings (SSSR count). The number of ether oxygens (including phenoxy) is 1. The molecule has 0 aromatic heterocycles. The number of nitrogens with zero attached hydrogens (tertiary/aromatic N) is 1. The lowest BCUT2D eigenvalue weighted by atomic mass is 10.3. The van der Waals surface area contributed by atoms with E-state index in [9.17, 15) is 9.59 Å². The zero-order chi connectivity index (χ0) is 12.7. The Labute approximate surface area is 102 Å². The molecule has 0 unspecified atom stereocenters. The molecule has 1 N–H and O–H groups in total. The lowest BCUT2D eigenvalue weighted by Gasteiger charge is -2.20. The lowest BCUT2D eigenvalue weighted by Crippen LogP contribution is -2.35. The average molecular weight is 242 g/mol. The SMILES string of the molecule is COCCCNC(=O)CCN(C(C)=O)C1CC1. The zero-order valence-electron chi connectivity index (χ0n) is 10.7. The van der Waals surface area contributed by atoms with E-state index in [1.807, 2.05) is 0 Å². The third-order valence-electron chi connectivity index (χ3n) is 2.82. The van der Waals surface area contributed by atoms with Crippen LogP contribution in [0.3, 0.4) is 0 Å². The molecule has 5 nitrogen and oxygen atoms in total. The molecule has 0 aromatic rings. The minimum atomic E-state index is 0.00741. The van der Waals surface area contributed by atoms with Crippen LogP contribution < -0.4 is 5.32 Å². The van der Waals surface area contributed by atoms with Gasteiger partial charge in [0.1, 0.15) is 0 Å². The van der Waals surface area contributed by atoms with Crippen LogP contribution in [0, 0.1) is 0 Å². The molecule has 1 saturated carbocycles. The van der Waals surface area contributed by atoms with Crippen molar-refractivity contribution in [3.05, 3.63) is 0 Å². The molecule has 0 bridgehead atoms. The molecule has 2 amide bonds. The highest BCUT2D eigenvalue weighted by Crippen LogP contribution is 2.26. The van der Waals surface area contributed by atoms with Gasteiger partial charge < -0.3 is 15.0 Å². The van der Waals surface area contributed by atoms with Gasteiger partial charge in [0.15, 0.2) is 0 Å². The van der Waals surface area contributed by atoms with Gasteiger partial charge in [0, 0.05) is 46.2 Å². The molecule has 0 atom stereocenters. The Morgan fingerprint density at radius 3 is 2.65 bits per heavy atom. The van der Waals surface area contributed by atoms with Gasteiger partial charge in [0.05, 0.1) is 0 Å². The van der Waals surface area contributed by atoms with Crippen molar-refractivity contribution in [2.45, 2.75) is 38.6 Å². The first kappa shape index (κ1) is 14.0. The molecule has 1 aliphatic carbocycles. The smallest absolute Gasteiger partial charge is 0.221 e. The van der Waals surface area contributed by atoms with E-state index in [1.165, 1.54) is 0 Å². The van der Waals surface area contributed by atoms with Gasteiger partial charge in [-0.05, 0) is 19.3 Å². The van der Waals surface area contributed by atoms with Gasteiger partial charge in [-0.3, -0.25) is 9.59 Å². The van der Waals surface area contributed by atoms with Crippen molar-refractivity contribution in [1.82, 2.24) is 10.2 Å². The van der Waals surface area contributed by atoms with Crippen LogP contribution in [0.4, 0.5) is 0 Å². The van der Waals surface area contributed by atoms with Crippen LogP contribution in [0.1, 0.15) is 32.6 Å². The Kier molecular flexibility index (Phi) is 5.97. The van der Waals surface area contributed by atoms with Crippen molar-refractivity contribution in [2.24, 2.45) is 0 Å². The van der Waals surface area contributed by atoms with Crippen LogP contribution in [0.25, 0.3) is 0 Å². The Bertz CT molecular complexity index is 264. The Morgan fingerprint density at radius 2 is 2.12 bits per heavy atom. The fraction of sp³-hybridized carbons (Fsp3) is 0.833. The number of carbonyl (C=O) groups excluding carboxylic acids is 2. The molecule has 0 spiro atoms. The molecule has 1 fully saturated rings. The monoisotopic (exact) mass is 242 g/mol. The first-order valence-corrected chi connectivity index (χ1v) is 6.18. The second-order valence-electron chi connectivity index (χ2n) is 4.39. The van der Waals surface area contributed by atoms with Crippen molar-refractivity contribution in [3.63, 3.8) is 0 Å². The van der Waals surface area contributed by atoms with E-state index in [4.69, 9.17) is 4.74 Å². The molecule has 0 saturated heterocycles. The summed E-state index contributed by atoms with van der Waals surface area (Å²) >= 11 is 0. The van der Waals surface area contributed by atoms with E-state index in [2.05, 4.69) is 5.32 Å². The van der Waals surface area contributed by atoms with Crippen LogP contribution in [0.15, 0.2) is 0 Å². The van der Waals surface area contributed by atoms with Crippen molar-refractivity contribution < 1.29 is 14.3 Å². The molecule has 98 valence electrons. The van der Waals surface area contributed by atoms with Crippen molar-refractivity contribution in [2.75, 3.05) is 26.8 Å². The van der Waals surface area contributed by atoms with Crippen molar-refractivity contribution in [1.29, 1.82) is 0 Å². The highest BCUT2D eigenvalue weighted by molar-refractivity contribution is 5.78. The van der Waals surface area contributed by atoms with Crippen LogP contribution in [-0.4, -0.2) is 49.6 Å². The summed E-state index contributed by atoms with van der Waals surface area (Å²) in [7, 11) is 1.64. The van der Waals surface area contributed by atoms with Gasteiger partial charge >= 0.3 is 0 Å². The topological polar surface area (TPSA) is 58.6 Å². The standard InChI is InChI=1S/C12H22N2O3/c1-10(15)14(11-4-5-11)8-6-12(16)13-7-3-9-17-2/h11H,3-9H2,1-2H3,(H,13,16).